The molecule has 0 bridgehead atoms. The van der Waals surface area contributed by atoms with Crippen LogP contribution in [0.15, 0.2) is 48.2 Å². The Bertz CT molecular complexity index is 907. The predicted molar refractivity (Wildman–Crippen MR) is 106 cm³/mol. The van der Waals surface area contributed by atoms with Crippen LogP contribution in [0.1, 0.15) is 16.2 Å². The first kappa shape index (κ1) is 18.0. The molecule has 0 saturated carbocycles. The first-order valence-corrected chi connectivity index (χ1v) is 9.93. The van der Waals surface area contributed by atoms with Crippen LogP contribution in [0, 0.1) is 0 Å². The van der Waals surface area contributed by atoms with Crippen molar-refractivity contribution >= 4 is 28.8 Å². The van der Waals surface area contributed by atoms with Crippen LogP contribution in [0.3, 0.4) is 0 Å². The average Bonchev–Trinajstić information content (AvgIpc) is 3.18. The number of rotatable bonds is 4. The maximum absolute atomic E-state index is 12.4. The van der Waals surface area contributed by atoms with E-state index < -0.39 is 0 Å². The largest absolute Gasteiger partial charge is 0.335 e. The fourth-order valence-corrected chi connectivity index (χ4v) is 3.96. The fourth-order valence-electron chi connectivity index (χ4n) is 3.01. The molecule has 0 atom stereocenters. The molecule has 27 heavy (non-hydrogen) atoms. The Labute approximate surface area is 166 Å². The molecule has 8 heteroatoms. The van der Waals surface area contributed by atoms with Crippen LogP contribution < -0.4 is 0 Å². The summed E-state index contributed by atoms with van der Waals surface area (Å²) in [7, 11) is 0. The lowest BCUT2D eigenvalue weighted by Crippen LogP contribution is -2.48. The number of carbonyl (C=O) groups is 1. The van der Waals surface area contributed by atoms with Gasteiger partial charge in [0.1, 0.15) is 10.7 Å². The molecule has 1 fully saturated rings. The molecule has 138 valence electrons. The molecule has 6 nitrogen and oxygen atoms in total. The van der Waals surface area contributed by atoms with E-state index in [1.807, 2.05) is 29.2 Å². The quantitative estimate of drug-likeness (QED) is 0.674. The number of nitrogens with zero attached hydrogens (tertiary/aromatic N) is 5. The summed E-state index contributed by atoms with van der Waals surface area (Å²) in [6.07, 6.45) is 4.63. The molecule has 1 aliphatic rings. The molecule has 1 saturated heterocycles. The van der Waals surface area contributed by atoms with Crippen molar-refractivity contribution in [2.45, 2.75) is 6.54 Å². The van der Waals surface area contributed by atoms with Gasteiger partial charge in [0.2, 0.25) is 0 Å². The van der Waals surface area contributed by atoms with Crippen LogP contribution >= 0.6 is 22.9 Å². The lowest BCUT2D eigenvalue weighted by Gasteiger charge is -2.34. The lowest BCUT2D eigenvalue weighted by atomic mass is 10.2. The summed E-state index contributed by atoms with van der Waals surface area (Å²) >= 11 is 7.59. The first-order chi connectivity index (χ1) is 13.2. The second kappa shape index (κ2) is 8.12. The molecule has 1 aliphatic heterocycles. The highest BCUT2D eigenvalue weighted by Crippen LogP contribution is 2.25. The minimum Gasteiger partial charge on any atom is -0.335 e. The molecule has 4 rings (SSSR count). The van der Waals surface area contributed by atoms with E-state index in [1.165, 1.54) is 6.20 Å². The third kappa shape index (κ3) is 4.32. The second-order valence-corrected chi connectivity index (χ2v) is 7.60. The van der Waals surface area contributed by atoms with Crippen LogP contribution in [0.5, 0.6) is 0 Å². The second-order valence-electron chi connectivity index (χ2n) is 6.31. The standard InChI is InChI=1S/C19H18ClN5OS/c20-15-3-1-14(2-4-15)18-23-16(13-27-18)12-24-7-9-25(10-8-24)19(26)17-11-21-5-6-22-17/h1-6,11,13H,7-10,12H2. The van der Waals surface area contributed by atoms with Gasteiger partial charge < -0.3 is 4.90 Å². The number of carbonyl (C=O) groups excluding carboxylic acids is 1. The number of piperazine rings is 1. The number of amides is 1. The highest BCUT2D eigenvalue weighted by molar-refractivity contribution is 7.13. The van der Waals surface area contributed by atoms with Crippen molar-refractivity contribution in [3.63, 3.8) is 0 Å². The van der Waals surface area contributed by atoms with E-state index in [0.29, 0.717) is 18.8 Å². The number of benzene rings is 1. The van der Waals surface area contributed by atoms with E-state index in [2.05, 4.69) is 20.2 Å². The van der Waals surface area contributed by atoms with E-state index in [1.54, 1.807) is 23.7 Å². The van der Waals surface area contributed by atoms with Crippen LogP contribution in [0.4, 0.5) is 0 Å². The molecule has 2 aromatic heterocycles. The molecule has 3 aromatic rings. The lowest BCUT2D eigenvalue weighted by molar-refractivity contribution is 0.0621. The number of halogens is 1. The van der Waals surface area contributed by atoms with E-state index in [4.69, 9.17) is 16.6 Å². The Hall–Kier alpha value is -2.35. The van der Waals surface area contributed by atoms with Gasteiger partial charge in [-0.2, -0.15) is 0 Å². The molecule has 0 radical (unpaired) electrons. The summed E-state index contributed by atoms with van der Waals surface area (Å²) in [6, 6.07) is 7.74. The molecule has 0 aliphatic carbocycles. The van der Waals surface area contributed by atoms with E-state index in [0.717, 1.165) is 40.9 Å². The molecule has 0 unspecified atom stereocenters. The number of hydrogen-bond donors (Lipinski definition) is 0. The van der Waals surface area contributed by atoms with Gasteiger partial charge >= 0.3 is 0 Å². The highest BCUT2D eigenvalue weighted by atomic mass is 35.5. The Morgan fingerprint density at radius 2 is 1.89 bits per heavy atom. The van der Waals surface area contributed by atoms with Crippen molar-refractivity contribution in [1.82, 2.24) is 24.8 Å². The molecule has 3 heterocycles. The van der Waals surface area contributed by atoms with Crippen LogP contribution in [-0.4, -0.2) is 56.8 Å². The Morgan fingerprint density at radius 1 is 1.11 bits per heavy atom. The maximum Gasteiger partial charge on any atom is 0.274 e. The molecule has 1 aromatic carbocycles. The van der Waals surface area contributed by atoms with E-state index >= 15 is 0 Å². The van der Waals surface area contributed by atoms with Crippen LogP contribution in [-0.2, 0) is 6.54 Å². The fraction of sp³-hybridized carbons (Fsp3) is 0.263. The first-order valence-electron chi connectivity index (χ1n) is 8.67. The SMILES string of the molecule is O=C(c1cnccn1)N1CCN(Cc2csc(-c3ccc(Cl)cc3)n2)CC1. The molecular formula is C19H18ClN5OS. The third-order valence-corrected chi connectivity index (χ3v) is 5.66. The summed E-state index contributed by atoms with van der Waals surface area (Å²) in [5.74, 6) is -0.0542. The minimum atomic E-state index is -0.0542. The summed E-state index contributed by atoms with van der Waals surface area (Å²) in [5.41, 5.74) is 2.53. The van der Waals surface area contributed by atoms with Gasteiger partial charge in [0.25, 0.3) is 5.91 Å². The zero-order valence-electron chi connectivity index (χ0n) is 14.6. The minimum absolute atomic E-state index is 0.0542. The van der Waals surface area contributed by atoms with Gasteiger partial charge in [0, 0.05) is 61.1 Å². The Balaban J connectivity index is 1.33. The van der Waals surface area contributed by atoms with Gasteiger partial charge in [-0.15, -0.1) is 11.3 Å². The van der Waals surface area contributed by atoms with Crippen molar-refractivity contribution in [1.29, 1.82) is 0 Å². The van der Waals surface area contributed by atoms with Gasteiger partial charge in [0.05, 0.1) is 11.9 Å². The van der Waals surface area contributed by atoms with Gasteiger partial charge in [-0.1, -0.05) is 23.7 Å². The van der Waals surface area contributed by atoms with Gasteiger partial charge in [-0.3, -0.25) is 14.7 Å². The van der Waals surface area contributed by atoms with E-state index in [9.17, 15) is 4.79 Å². The summed E-state index contributed by atoms with van der Waals surface area (Å²) in [4.78, 5) is 29.4. The summed E-state index contributed by atoms with van der Waals surface area (Å²) in [6.45, 7) is 3.80. The number of thiazole rings is 1. The highest BCUT2D eigenvalue weighted by Gasteiger charge is 2.23. The zero-order valence-corrected chi connectivity index (χ0v) is 16.2. The normalized spacial score (nSPS) is 15.1. The van der Waals surface area contributed by atoms with Crippen LogP contribution in [0.25, 0.3) is 10.6 Å². The Morgan fingerprint density at radius 3 is 2.59 bits per heavy atom. The van der Waals surface area contributed by atoms with Gasteiger partial charge in [-0.25, -0.2) is 9.97 Å². The van der Waals surface area contributed by atoms with Crippen molar-refractivity contribution in [2.24, 2.45) is 0 Å². The van der Waals surface area contributed by atoms with Crippen molar-refractivity contribution in [3.8, 4) is 10.6 Å². The van der Waals surface area contributed by atoms with E-state index in [-0.39, 0.29) is 5.91 Å². The smallest absolute Gasteiger partial charge is 0.274 e. The number of aromatic nitrogens is 3. The van der Waals surface area contributed by atoms with Crippen molar-refractivity contribution < 1.29 is 4.79 Å². The zero-order chi connectivity index (χ0) is 18.6. The molecular weight excluding hydrogens is 382 g/mol. The van der Waals surface area contributed by atoms with Crippen LogP contribution in [0.2, 0.25) is 5.02 Å². The summed E-state index contributed by atoms with van der Waals surface area (Å²) < 4.78 is 0. The number of hydrogen-bond acceptors (Lipinski definition) is 6. The topological polar surface area (TPSA) is 62.2 Å². The van der Waals surface area contributed by atoms with Crippen molar-refractivity contribution in [3.05, 3.63) is 64.6 Å². The predicted octanol–water partition coefficient (Wildman–Crippen LogP) is 3.21. The van der Waals surface area contributed by atoms with Gasteiger partial charge in [-0.05, 0) is 12.1 Å². The monoisotopic (exact) mass is 399 g/mol. The Kier molecular flexibility index (Phi) is 5.42. The molecule has 0 N–H and O–H groups in total. The third-order valence-electron chi connectivity index (χ3n) is 4.47. The molecule has 0 spiro atoms. The molecule has 1 amide bonds. The maximum atomic E-state index is 12.4. The average molecular weight is 400 g/mol. The van der Waals surface area contributed by atoms with Crippen molar-refractivity contribution in [2.75, 3.05) is 26.2 Å². The summed E-state index contributed by atoms with van der Waals surface area (Å²) in [5, 5.41) is 3.82. The van der Waals surface area contributed by atoms with Gasteiger partial charge in [0.15, 0.2) is 0 Å².